The van der Waals surface area contributed by atoms with Gasteiger partial charge >= 0.3 is 12.6 Å². The Morgan fingerprint density at radius 2 is 1.95 bits per heavy atom. The SMILES string of the molecule is O=C(NCCC(O)C(=O)O)c1ccccc1OC(F)F. The second-order valence-corrected chi connectivity index (χ2v) is 3.77. The van der Waals surface area contributed by atoms with Crippen LogP contribution >= 0.6 is 0 Å². The first-order valence-corrected chi connectivity index (χ1v) is 5.64. The molecule has 0 aliphatic rings. The van der Waals surface area contributed by atoms with Gasteiger partial charge in [-0.1, -0.05) is 12.1 Å². The number of rotatable bonds is 7. The van der Waals surface area contributed by atoms with Crippen molar-refractivity contribution in [2.45, 2.75) is 19.1 Å². The van der Waals surface area contributed by atoms with E-state index in [9.17, 15) is 18.4 Å². The number of halogens is 2. The minimum atomic E-state index is -3.06. The van der Waals surface area contributed by atoms with E-state index in [1.54, 1.807) is 0 Å². The van der Waals surface area contributed by atoms with E-state index in [2.05, 4.69) is 10.1 Å². The summed E-state index contributed by atoms with van der Waals surface area (Å²) in [6.45, 7) is -3.17. The number of aliphatic carboxylic acids is 1. The van der Waals surface area contributed by atoms with Gasteiger partial charge in [0.1, 0.15) is 5.75 Å². The second-order valence-electron chi connectivity index (χ2n) is 3.77. The fraction of sp³-hybridized carbons (Fsp3) is 0.333. The van der Waals surface area contributed by atoms with Gasteiger partial charge in [0.15, 0.2) is 6.10 Å². The van der Waals surface area contributed by atoms with Crippen LogP contribution in [-0.4, -0.2) is 41.3 Å². The first-order valence-electron chi connectivity index (χ1n) is 5.64. The van der Waals surface area contributed by atoms with Crippen molar-refractivity contribution in [3.05, 3.63) is 29.8 Å². The lowest BCUT2D eigenvalue weighted by atomic mass is 10.2. The largest absolute Gasteiger partial charge is 0.479 e. The van der Waals surface area contributed by atoms with Crippen LogP contribution in [0.25, 0.3) is 0 Å². The molecular formula is C12H13F2NO5. The number of carbonyl (C=O) groups excluding carboxylic acids is 1. The summed E-state index contributed by atoms with van der Waals surface area (Å²) in [4.78, 5) is 22.1. The van der Waals surface area contributed by atoms with Crippen molar-refractivity contribution >= 4 is 11.9 Å². The number of benzene rings is 1. The van der Waals surface area contributed by atoms with Gasteiger partial charge in [0, 0.05) is 13.0 Å². The summed E-state index contributed by atoms with van der Waals surface area (Å²) in [5.74, 6) is -2.38. The lowest BCUT2D eigenvalue weighted by molar-refractivity contribution is -0.146. The van der Waals surface area contributed by atoms with Gasteiger partial charge in [-0.3, -0.25) is 4.79 Å². The first-order chi connectivity index (χ1) is 9.41. The highest BCUT2D eigenvalue weighted by Crippen LogP contribution is 2.19. The number of hydrogen-bond donors (Lipinski definition) is 3. The second kappa shape index (κ2) is 7.39. The quantitative estimate of drug-likeness (QED) is 0.691. The number of carboxylic acids is 1. The van der Waals surface area contributed by atoms with Crippen molar-refractivity contribution in [1.29, 1.82) is 0 Å². The van der Waals surface area contributed by atoms with E-state index in [1.807, 2.05) is 0 Å². The summed E-state index contributed by atoms with van der Waals surface area (Å²) in [6.07, 6.45) is -1.79. The number of nitrogens with one attached hydrogen (secondary N) is 1. The van der Waals surface area contributed by atoms with Crippen molar-refractivity contribution in [3.63, 3.8) is 0 Å². The van der Waals surface area contributed by atoms with Crippen LogP contribution in [0.4, 0.5) is 8.78 Å². The van der Waals surface area contributed by atoms with Gasteiger partial charge in [-0.2, -0.15) is 8.78 Å². The van der Waals surface area contributed by atoms with Crippen molar-refractivity contribution < 1.29 is 33.3 Å². The number of para-hydroxylation sites is 1. The maximum atomic E-state index is 12.2. The number of amides is 1. The van der Waals surface area contributed by atoms with Gasteiger partial charge in [-0.15, -0.1) is 0 Å². The van der Waals surface area contributed by atoms with Crippen molar-refractivity contribution in [2.75, 3.05) is 6.54 Å². The van der Waals surface area contributed by atoms with E-state index >= 15 is 0 Å². The number of ether oxygens (including phenoxy) is 1. The normalized spacial score (nSPS) is 12.0. The molecule has 3 N–H and O–H groups in total. The Morgan fingerprint density at radius 1 is 1.30 bits per heavy atom. The van der Waals surface area contributed by atoms with Crippen LogP contribution < -0.4 is 10.1 Å². The molecule has 0 spiro atoms. The number of alkyl halides is 2. The summed E-state index contributed by atoms with van der Waals surface area (Å²) < 4.78 is 28.5. The Kier molecular flexibility index (Phi) is 5.85. The standard InChI is InChI=1S/C12H13F2NO5/c13-12(14)20-9-4-2-1-3-7(9)10(17)15-6-5-8(16)11(18)19/h1-4,8,12,16H,5-6H2,(H,15,17)(H,18,19). The first kappa shape index (κ1) is 15.8. The number of carboxylic acid groups (broad SMARTS) is 1. The van der Waals surface area contributed by atoms with E-state index < -0.39 is 24.6 Å². The van der Waals surface area contributed by atoms with Gasteiger partial charge in [0.25, 0.3) is 5.91 Å². The maximum Gasteiger partial charge on any atom is 0.387 e. The Bertz CT molecular complexity index is 481. The molecule has 0 saturated carbocycles. The third kappa shape index (κ3) is 4.81. The van der Waals surface area contributed by atoms with E-state index in [4.69, 9.17) is 10.2 Å². The number of hydrogen-bond acceptors (Lipinski definition) is 4. The molecule has 0 bridgehead atoms. The Morgan fingerprint density at radius 3 is 2.55 bits per heavy atom. The molecule has 1 rings (SSSR count). The Labute approximate surface area is 113 Å². The Balaban J connectivity index is 2.61. The highest BCUT2D eigenvalue weighted by molar-refractivity contribution is 5.96. The highest BCUT2D eigenvalue weighted by Gasteiger charge is 2.16. The minimum Gasteiger partial charge on any atom is -0.479 e. The number of aliphatic hydroxyl groups excluding tert-OH is 1. The zero-order valence-corrected chi connectivity index (χ0v) is 10.3. The molecular weight excluding hydrogens is 276 g/mol. The van der Waals surface area contributed by atoms with E-state index in [0.717, 1.165) is 0 Å². The van der Waals surface area contributed by atoms with Crippen molar-refractivity contribution in [2.24, 2.45) is 0 Å². The molecule has 0 heterocycles. The van der Waals surface area contributed by atoms with Crippen LogP contribution in [0.15, 0.2) is 24.3 Å². The molecule has 110 valence electrons. The van der Waals surface area contributed by atoms with E-state index in [0.29, 0.717) is 0 Å². The van der Waals surface area contributed by atoms with Gasteiger partial charge in [0.2, 0.25) is 0 Å². The van der Waals surface area contributed by atoms with E-state index in [1.165, 1.54) is 24.3 Å². The monoisotopic (exact) mass is 289 g/mol. The average molecular weight is 289 g/mol. The molecule has 1 amide bonds. The highest BCUT2D eigenvalue weighted by atomic mass is 19.3. The molecule has 6 nitrogen and oxygen atoms in total. The smallest absolute Gasteiger partial charge is 0.387 e. The maximum absolute atomic E-state index is 12.2. The van der Waals surface area contributed by atoms with Gasteiger partial charge in [-0.05, 0) is 12.1 Å². The number of aliphatic hydroxyl groups is 1. The molecule has 1 unspecified atom stereocenters. The predicted molar refractivity (Wildman–Crippen MR) is 63.7 cm³/mol. The number of carbonyl (C=O) groups is 2. The fourth-order valence-corrected chi connectivity index (χ4v) is 1.39. The van der Waals surface area contributed by atoms with Gasteiger partial charge in [-0.25, -0.2) is 4.79 Å². The molecule has 0 saturated heterocycles. The fourth-order valence-electron chi connectivity index (χ4n) is 1.39. The zero-order valence-electron chi connectivity index (χ0n) is 10.3. The van der Waals surface area contributed by atoms with Crippen LogP contribution in [0.5, 0.6) is 5.75 Å². The molecule has 8 heteroatoms. The van der Waals surface area contributed by atoms with Crippen LogP contribution in [0.1, 0.15) is 16.8 Å². The molecule has 0 aromatic heterocycles. The molecule has 1 aromatic carbocycles. The van der Waals surface area contributed by atoms with Crippen molar-refractivity contribution in [3.8, 4) is 5.75 Å². The summed E-state index contributed by atoms with van der Waals surface area (Å²) in [5.41, 5.74) is -0.0994. The molecule has 0 fully saturated rings. The summed E-state index contributed by atoms with van der Waals surface area (Å²) >= 11 is 0. The third-order valence-corrected chi connectivity index (χ3v) is 2.34. The van der Waals surface area contributed by atoms with Gasteiger partial charge in [0.05, 0.1) is 5.56 Å². The summed E-state index contributed by atoms with van der Waals surface area (Å²) in [7, 11) is 0. The lowest BCUT2D eigenvalue weighted by Gasteiger charge is -2.11. The van der Waals surface area contributed by atoms with Gasteiger partial charge < -0.3 is 20.3 Å². The zero-order chi connectivity index (χ0) is 15.1. The molecule has 1 aromatic rings. The molecule has 0 aliphatic heterocycles. The molecule has 0 radical (unpaired) electrons. The molecule has 1 atom stereocenters. The minimum absolute atomic E-state index is 0.0994. The summed E-state index contributed by atoms with van der Waals surface area (Å²) in [6, 6.07) is 5.41. The average Bonchev–Trinajstić information content (AvgIpc) is 2.38. The predicted octanol–water partition coefficient (Wildman–Crippen LogP) is 0.853. The van der Waals surface area contributed by atoms with Crippen LogP contribution in [0, 0.1) is 0 Å². The van der Waals surface area contributed by atoms with E-state index in [-0.39, 0.29) is 24.3 Å². The lowest BCUT2D eigenvalue weighted by Crippen LogP contribution is -2.30. The Hall–Kier alpha value is -2.22. The third-order valence-electron chi connectivity index (χ3n) is 2.34. The molecule has 0 aliphatic carbocycles. The summed E-state index contributed by atoms with van der Waals surface area (Å²) in [5, 5.41) is 19.8. The van der Waals surface area contributed by atoms with Crippen LogP contribution in [0.2, 0.25) is 0 Å². The van der Waals surface area contributed by atoms with Crippen molar-refractivity contribution in [1.82, 2.24) is 5.32 Å². The van der Waals surface area contributed by atoms with Crippen LogP contribution in [0.3, 0.4) is 0 Å². The topological polar surface area (TPSA) is 95.9 Å². The molecule has 20 heavy (non-hydrogen) atoms. The van der Waals surface area contributed by atoms with Crippen LogP contribution in [-0.2, 0) is 4.79 Å².